The number of rotatable bonds is 3. The van der Waals surface area contributed by atoms with Crippen molar-refractivity contribution >= 4 is 27.0 Å². The average molecular weight is 282 g/mol. The van der Waals surface area contributed by atoms with Crippen molar-refractivity contribution in [3.8, 4) is 0 Å². The molecule has 0 amide bonds. The molecule has 16 heavy (non-hydrogen) atoms. The maximum atomic E-state index is 5.53. The fraction of sp³-hybridized carbons (Fsp3) is 0.417. The second-order valence-corrected chi connectivity index (χ2v) is 4.95. The lowest BCUT2D eigenvalue weighted by Crippen LogP contribution is -2.04. The molecule has 3 nitrogen and oxygen atoms in total. The van der Waals surface area contributed by atoms with E-state index in [1.807, 2.05) is 0 Å². The van der Waals surface area contributed by atoms with Crippen LogP contribution in [0.4, 0.5) is 0 Å². The van der Waals surface area contributed by atoms with Crippen LogP contribution in [0.1, 0.15) is 17.8 Å². The highest BCUT2D eigenvalue weighted by atomic mass is 79.9. The number of imidazole rings is 1. The maximum Gasteiger partial charge on any atom is 0.109 e. The number of nitrogens with zero attached hydrogens (tertiary/aromatic N) is 2. The van der Waals surface area contributed by atoms with E-state index in [0.29, 0.717) is 6.54 Å². The number of aryl methyl sites for hydroxylation is 3. The van der Waals surface area contributed by atoms with Crippen molar-refractivity contribution in [3.63, 3.8) is 0 Å². The molecule has 1 heterocycles. The summed E-state index contributed by atoms with van der Waals surface area (Å²) >= 11 is 3.59. The lowest BCUT2D eigenvalue weighted by atomic mass is 10.2. The summed E-state index contributed by atoms with van der Waals surface area (Å²) in [4.78, 5) is 4.65. The van der Waals surface area contributed by atoms with E-state index in [2.05, 4.69) is 51.6 Å². The molecule has 2 aromatic rings. The summed E-state index contributed by atoms with van der Waals surface area (Å²) in [5.41, 5.74) is 8.97. The first-order valence-corrected chi connectivity index (χ1v) is 6.24. The predicted octanol–water partition coefficient (Wildman–Crippen LogP) is 2.54. The van der Waals surface area contributed by atoms with Gasteiger partial charge in [-0.1, -0.05) is 0 Å². The van der Waals surface area contributed by atoms with E-state index in [1.165, 1.54) is 5.56 Å². The van der Waals surface area contributed by atoms with Crippen LogP contribution in [0.5, 0.6) is 0 Å². The highest BCUT2D eigenvalue weighted by molar-refractivity contribution is 9.10. The molecule has 0 atom stereocenters. The SMILES string of the molecule is Cc1cc(Br)c2c(c1)nc(CCCN)n2C. The predicted molar refractivity (Wildman–Crippen MR) is 70.5 cm³/mol. The zero-order valence-electron chi connectivity index (χ0n) is 9.63. The Morgan fingerprint density at radius 1 is 1.44 bits per heavy atom. The molecule has 0 unspecified atom stereocenters. The molecule has 0 radical (unpaired) electrons. The second kappa shape index (κ2) is 4.55. The molecule has 4 heteroatoms. The molecule has 1 aromatic heterocycles. The summed E-state index contributed by atoms with van der Waals surface area (Å²) in [5.74, 6) is 1.10. The second-order valence-electron chi connectivity index (χ2n) is 4.09. The first-order valence-electron chi connectivity index (χ1n) is 5.45. The van der Waals surface area contributed by atoms with E-state index in [9.17, 15) is 0 Å². The molecule has 2 rings (SSSR count). The minimum absolute atomic E-state index is 0.712. The zero-order chi connectivity index (χ0) is 11.7. The molecule has 0 fully saturated rings. The zero-order valence-corrected chi connectivity index (χ0v) is 11.2. The largest absolute Gasteiger partial charge is 0.330 e. The Hall–Kier alpha value is -0.870. The van der Waals surface area contributed by atoms with Crippen LogP contribution < -0.4 is 5.73 Å². The third-order valence-corrected chi connectivity index (χ3v) is 3.37. The molecule has 0 saturated carbocycles. The summed E-state index contributed by atoms with van der Waals surface area (Å²) in [6, 6.07) is 4.24. The van der Waals surface area contributed by atoms with Crippen molar-refractivity contribution < 1.29 is 0 Å². The Morgan fingerprint density at radius 3 is 2.88 bits per heavy atom. The summed E-state index contributed by atoms with van der Waals surface area (Å²) < 4.78 is 3.26. The topological polar surface area (TPSA) is 43.8 Å². The standard InChI is InChI=1S/C12H16BrN3/c1-8-6-9(13)12-10(7-8)15-11(16(12)2)4-3-5-14/h6-7H,3-5,14H2,1-2H3. The van der Waals surface area contributed by atoms with Crippen molar-refractivity contribution in [2.24, 2.45) is 12.8 Å². The van der Waals surface area contributed by atoms with Gasteiger partial charge in [-0.05, 0) is 53.5 Å². The Kier molecular flexibility index (Phi) is 3.30. The van der Waals surface area contributed by atoms with E-state index in [-0.39, 0.29) is 0 Å². The van der Waals surface area contributed by atoms with Gasteiger partial charge in [-0.2, -0.15) is 0 Å². The van der Waals surface area contributed by atoms with E-state index in [1.54, 1.807) is 0 Å². The molecule has 0 saturated heterocycles. The van der Waals surface area contributed by atoms with E-state index >= 15 is 0 Å². The van der Waals surface area contributed by atoms with E-state index in [0.717, 1.165) is 34.2 Å². The van der Waals surface area contributed by atoms with Gasteiger partial charge in [0.15, 0.2) is 0 Å². The normalized spacial score (nSPS) is 11.2. The fourth-order valence-electron chi connectivity index (χ4n) is 1.96. The van der Waals surface area contributed by atoms with Crippen LogP contribution in [0.2, 0.25) is 0 Å². The first-order chi connectivity index (χ1) is 7.63. The smallest absolute Gasteiger partial charge is 0.109 e. The number of halogens is 1. The molecule has 0 aliphatic heterocycles. The lowest BCUT2D eigenvalue weighted by molar-refractivity contribution is 0.740. The summed E-state index contributed by atoms with van der Waals surface area (Å²) in [6.45, 7) is 2.79. The maximum absolute atomic E-state index is 5.53. The van der Waals surface area contributed by atoms with Crippen LogP contribution in [0, 0.1) is 6.92 Å². The molecule has 0 spiro atoms. The Labute approximate surface area is 104 Å². The van der Waals surface area contributed by atoms with Crippen molar-refractivity contribution in [2.75, 3.05) is 6.54 Å². The number of hydrogen-bond donors (Lipinski definition) is 1. The number of aromatic nitrogens is 2. The highest BCUT2D eigenvalue weighted by Crippen LogP contribution is 2.26. The quantitative estimate of drug-likeness (QED) is 0.940. The lowest BCUT2D eigenvalue weighted by Gasteiger charge is -2.02. The van der Waals surface area contributed by atoms with Gasteiger partial charge in [-0.25, -0.2) is 4.98 Å². The Morgan fingerprint density at radius 2 is 2.19 bits per heavy atom. The van der Waals surface area contributed by atoms with Gasteiger partial charge in [0.2, 0.25) is 0 Å². The van der Waals surface area contributed by atoms with E-state index < -0.39 is 0 Å². The van der Waals surface area contributed by atoms with Gasteiger partial charge in [0.05, 0.1) is 11.0 Å². The highest BCUT2D eigenvalue weighted by Gasteiger charge is 2.10. The van der Waals surface area contributed by atoms with Gasteiger partial charge in [-0.3, -0.25) is 0 Å². The van der Waals surface area contributed by atoms with Crippen LogP contribution >= 0.6 is 15.9 Å². The van der Waals surface area contributed by atoms with Gasteiger partial charge in [0.1, 0.15) is 5.82 Å². The first kappa shape index (κ1) is 11.6. The molecule has 1 aromatic carbocycles. The van der Waals surface area contributed by atoms with Crippen LogP contribution in [-0.4, -0.2) is 16.1 Å². The Balaban J connectivity index is 2.54. The number of fused-ring (bicyclic) bond motifs is 1. The summed E-state index contributed by atoms with van der Waals surface area (Å²) in [6.07, 6.45) is 1.92. The molecule has 0 aliphatic carbocycles. The van der Waals surface area contributed by atoms with Gasteiger partial charge < -0.3 is 10.3 Å². The van der Waals surface area contributed by atoms with Crippen LogP contribution in [0.3, 0.4) is 0 Å². The van der Waals surface area contributed by atoms with Gasteiger partial charge in [-0.15, -0.1) is 0 Å². The summed E-state index contributed by atoms with van der Waals surface area (Å²) in [5, 5.41) is 0. The molecule has 86 valence electrons. The van der Waals surface area contributed by atoms with E-state index in [4.69, 9.17) is 5.73 Å². The van der Waals surface area contributed by atoms with Gasteiger partial charge in [0.25, 0.3) is 0 Å². The summed E-state index contributed by atoms with van der Waals surface area (Å²) in [7, 11) is 2.06. The van der Waals surface area contributed by atoms with Crippen LogP contribution in [0.25, 0.3) is 11.0 Å². The van der Waals surface area contributed by atoms with Gasteiger partial charge in [0, 0.05) is 17.9 Å². The monoisotopic (exact) mass is 281 g/mol. The number of benzene rings is 1. The molecule has 0 aliphatic rings. The van der Waals surface area contributed by atoms with Crippen molar-refractivity contribution in [2.45, 2.75) is 19.8 Å². The molecular formula is C12H16BrN3. The minimum atomic E-state index is 0.712. The van der Waals surface area contributed by atoms with Crippen LogP contribution in [0.15, 0.2) is 16.6 Å². The number of nitrogens with two attached hydrogens (primary N) is 1. The third-order valence-electron chi connectivity index (χ3n) is 2.76. The average Bonchev–Trinajstić information content (AvgIpc) is 2.52. The molecule has 2 N–H and O–H groups in total. The van der Waals surface area contributed by atoms with Crippen molar-refractivity contribution in [1.29, 1.82) is 0 Å². The minimum Gasteiger partial charge on any atom is -0.330 e. The van der Waals surface area contributed by atoms with Crippen molar-refractivity contribution in [3.05, 3.63) is 28.0 Å². The Bertz CT molecular complexity index is 516. The third kappa shape index (κ3) is 1.99. The molecular weight excluding hydrogens is 266 g/mol. The van der Waals surface area contributed by atoms with Gasteiger partial charge >= 0.3 is 0 Å². The van der Waals surface area contributed by atoms with Crippen molar-refractivity contribution in [1.82, 2.24) is 9.55 Å². The molecule has 0 bridgehead atoms. The number of hydrogen-bond acceptors (Lipinski definition) is 2. The van der Waals surface area contributed by atoms with Crippen LogP contribution in [-0.2, 0) is 13.5 Å². The fourth-order valence-corrected chi connectivity index (χ4v) is 2.79.